The predicted molar refractivity (Wildman–Crippen MR) is 85.0 cm³/mol. The van der Waals surface area contributed by atoms with E-state index in [9.17, 15) is 9.59 Å². The lowest BCUT2D eigenvalue weighted by atomic mass is 9.91. The summed E-state index contributed by atoms with van der Waals surface area (Å²) in [4.78, 5) is 39.9. The second-order valence-electron chi connectivity index (χ2n) is 5.68. The van der Waals surface area contributed by atoms with Crippen LogP contribution in [0, 0.1) is 0 Å². The lowest BCUT2D eigenvalue weighted by Gasteiger charge is -2.29. The van der Waals surface area contributed by atoms with Crippen molar-refractivity contribution in [2.75, 3.05) is 0 Å². The molecule has 0 radical (unpaired) electrons. The largest absolute Gasteiger partial charge is 0.348 e. The van der Waals surface area contributed by atoms with E-state index in [4.69, 9.17) is 0 Å². The normalized spacial score (nSPS) is 20.2. The van der Waals surface area contributed by atoms with E-state index in [0.717, 1.165) is 25.7 Å². The molecule has 1 aliphatic rings. The van der Waals surface area contributed by atoms with Gasteiger partial charge < -0.3 is 10.6 Å². The highest BCUT2D eigenvalue weighted by Crippen LogP contribution is 2.19. The third-order valence-corrected chi connectivity index (χ3v) is 3.99. The molecule has 0 aromatic carbocycles. The van der Waals surface area contributed by atoms with Crippen LogP contribution in [0.5, 0.6) is 0 Å². The van der Waals surface area contributed by atoms with Gasteiger partial charge in [0, 0.05) is 36.9 Å². The monoisotopic (exact) mass is 326 g/mol. The van der Waals surface area contributed by atoms with Crippen molar-refractivity contribution < 1.29 is 9.59 Å². The van der Waals surface area contributed by atoms with Crippen molar-refractivity contribution in [1.29, 1.82) is 0 Å². The van der Waals surface area contributed by atoms with Gasteiger partial charge in [-0.1, -0.05) is 0 Å². The zero-order valence-corrected chi connectivity index (χ0v) is 13.1. The summed E-state index contributed by atoms with van der Waals surface area (Å²) in [5.41, 5.74) is 0.631. The molecule has 2 aromatic heterocycles. The molecule has 1 aliphatic carbocycles. The molecule has 2 N–H and O–H groups in total. The third kappa shape index (κ3) is 4.09. The Balaban J connectivity index is 1.46. The van der Waals surface area contributed by atoms with Crippen molar-refractivity contribution in [3.05, 3.63) is 48.6 Å². The summed E-state index contributed by atoms with van der Waals surface area (Å²) < 4.78 is 0. The number of amides is 2. The van der Waals surface area contributed by atoms with Gasteiger partial charge in [0.1, 0.15) is 11.4 Å². The number of carbonyl (C=O) groups is 2. The van der Waals surface area contributed by atoms with Gasteiger partial charge in [0.15, 0.2) is 0 Å². The summed E-state index contributed by atoms with van der Waals surface area (Å²) >= 11 is 0. The van der Waals surface area contributed by atoms with Gasteiger partial charge in [0.05, 0.1) is 12.4 Å². The maximum atomic E-state index is 12.1. The van der Waals surface area contributed by atoms with Crippen LogP contribution in [0.25, 0.3) is 0 Å². The standard InChI is InChI=1S/C16H18N6O2/c23-15(13-9-17-5-7-19-13)21-11-1-2-12(4-3-11)22-16(24)14-10-18-6-8-20-14/h5-12H,1-4H2,(H,21,23)(H,22,24). The summed E-state index contributed by atoms with van der Waals surface area (Å²) in [6.07, 6.45) is 12.2. The lowest BCUT2D eigenvalue weighted by molar-refractivity contribution is 0.0886. The minimum atomic E-state index is -0.213. The molecular formula is C16H18N6O2. The van der Waals surface area contributed by atoms with Gasteiger partial charge in [-0.3, -0.25) is 19.6 Å². The Morgan fingerprint density at radius 3 is 1.50 bits per heavy atom. The highest BCUT2D eigenvalue weighted by Gasteiger charge is 2.24. The zero-order valence-electron chi connectivity index (χ0n) is 13.1. The number of hydrogen-bond donors (Lipinski definition) is 2. The smallest absolute Gasteiger partial charge is 0.271 e. The van der Waals surface area contributed by atoms with Crippen molar-refractivity contribution in [3.8, 4) is 0 Å². The van der Waals surface area contributed by atoms with Crippen LogP contribution in [0.3, 0.4) is 0 Å². The van der Waals surface area contributed by atoms with Gasteiger partial charge >= 0.3 is 0 Å². The number of nitrogens with zero attached hydrogens (tertiary/aromatic N) is 4. The number of aromatic nitrogens is 4. The van der Waals surface area contributed by atoms with E-state index in [0.29, 0.717) is 11.4 Å². The average Bonchev–Trinajstić information content (AvgIpc) is 2.65. The summed E-state index contributed by atoms with van der Waals surface area (Å²) in [5, 5.41) is 5.93. The van der Waals surface area contributed by atoms with Crippen molar-refractivity contribution in [1.82, 2.24) is 30.6 Å². The molecule has 3 rings (SSSR count). The molecule has 0 bridgehead atoms. The Kier molecular flexibility index (Phi) is 5.05. The molecule has 8 heteroatoms. The molecule has 2 aromatic rings. The Labute approximate surface area is 139 Å². The molecule has 0 atom stereocenters. The van der Waals surface area contributed by atoms with E-state index in [1.165, 1.54) is 37.2 Å². The van der Waals surface area contributed by atoms with Crippen molar-refractivity contribution in [2.45, 2.75) is 37.8 Å². The van der Waals surface area contributed by atoms with E-state index in [1.807, 2.05) is 0 Å². The molecule has 0 spiro atoms. The Hall–Kier alpha value is -2.90. The quantitative estimate of drug-likeness (QED) is 0.857. The first kappa shape index (κ1) is 16.0. The van der Waals surface area contributed by atoms with Crippen molar-refractivity contribution in [2.24, 2.45) is 0 Å². The Bertz CT molecular complexity index is 625. The fourth-order valence-electron chi connectivity index (χ4n) is 2.73. The minimum Gasteiger partial charge on any atom is -0.348 e. The topological polar surface area (TPSA) is 110 Å². The molecule has 0 aliphatic heterocycles. The predicted octanol–water partition coefficient (Wildman–Crippen LogP) is 0.738. The van der Waals surface area contributed by atoms with E-state index in [-0.39, 0.29) is 23.9 Å². The first-order chi connectivity index (χ1) is 11.7. The summed E-state index contributed by atoms with van der Waals surface area (Å²) in [7, 11) is 0. The number of nitrogens with one attached hydrogen (secondary N) is 2. The van der Waals surface area contributed by atoms with E-state index in [1.54, 1.807) is 0 Å². The summed E-state index contributed by atoms with van der Waals surface area (Å²) in [5.74, 6) is -0.426. The molecule has 1 fully saturated rings. The third-order valence-electron chi connectivity index (χ3n) is 3.99. The van der Waals surface area contributed by atoms with Crippen LogP contribution in [-0.2, 0) is 0 Å². The number of rotatable bonds is 4. The molecule has 124 valence electrons. The molecule has 2 heterocycles. The minimum absolute atomic E-state index is 0.0872. The van der Waals surface area contributed by atoms with Crippen LogP contribution in [-0.4, -0.2) is 43.8 Å². The maximum absolute atomic E-state index is 12.1. The first-order valence-corrected chi connectivity index (χ1v) is 7.86. The fraction of sp³-hybridized carbons (Fsp3) is 0.375. The van der Waals surface area contributed by atoms with E-state index in [2.05, 4.69) is 30.6 Å². The maximum Gasteiger partial charge on any atom is 0.271 e. The molecule has 2 amide bonds. The first-order valence-electron chi connectivity index (χ1n) is 7.86. The van der Waals surface area contributed by atoms with Gasteiger partial charge in [-0.2, -0.15) is 0 Å². The van der Waals surface area contributed by atoms with Gasteiger partial charge in [-0.25, -0.2) is 9.97 Å². The van der Waals surface area contributed by atoms with Crippen LogP contribution >= 0.6 is 0 Å². The average molecular weight is 326 g/mol. The van der Waals surface area contributed by atoms with Crippen molar-refractivity contribution >= 4 is 11.8 Å². The van der Waals surface area contributed by atoms with E-state index < -0.39 is 0 Å². The van der Waals surface area contributed by atoms with Gasteiger partial charge in [-0.05, 0) is 25.7 Å². The van der Waals surface area contributed by atoms with Crippen molar-refractivity contribution in [3.63, 3.8) is 0 Å². The summed E-state index contributed by atoms with van der Waals surface area (Å²) in [6.45, 7) is 0. The second kappa shape index (κ2) is 7.58. The molecule has 8 nitrogen and oxygen atoms in total. The van der Waals surface area contributed by atoms with Crippen LogP contribution in [0.1, 0.15) is 46.7 Å². The number of carbonyl (C=O) groups excluding carboxylic acids is 2. The Morgan fingerprint density at radius 1 is 0.750 bits per heavy atom. The highest BCUT2D eigenvalue weighted by atomic mass is 16.2. The van der Waals surface area contributed by atoms with Crippen LogP contribution < -0.4 is 10.6 Å². The SMILES string of the molecule is O=C(NC1CCC(NC(=O)c2cnccn2)CC1)c1cnccn1. The molecule has 1 saturated carbocycles. The molecule has 24 heavy (non-hydrogen) atoms. The van der Waals surface area contributed by atoms with Gasteiger partial charge in [0.25, 0.3) is 11.8 Å². The van der Waals surface area contributed by atoms with Crippen LogP contribution in [0.4, 0.5) is 0 Å². The Morgan fingerprint density at radius 2 is 1.17 bits per heavy atom. The molecular weight excluding hydrogens is 308 g/mol. The van der Waals surface area contributed by atoms with Gasteiger partial charge in [0.2, 0.25) is 0 Å². The summed E-state index contributed by atoms with van der Waals surface area (Å²) in [6, 6.07) is 0.174. The zero-order chi connectivity index (χ0) is 16.8. The second-order valence-corrected chi connectivity index (χ2v) is 5.68. The molecule has 0 saturated heterocycles. The number of hydrogen-bond acceptors (Lipinski definition) is 6. The van der Waals surface area contributed by atoms with Gasteiger partial charge in [-0.15, -0.1) is 0 Å². The molecule has 0 unspecified atom stereocenters. The van der Waals surface area contributed by atoms with Crippen LogP contribution in [0.15, 0.2) is 37.2 Å². The highest BCUT2D eigenvalue weighted by molar-refractivity contribution is 5.92. The fourth-order valence-corrected chi connectivity index (χ4v) is 2.73. The van der Waals surface area contributed by atoms with Crippen LogP contribution in [0.2, 0.25) is 0 Å². The van der Waals surface area contributed by atoms with E-state index >= 15 is 0 Å². The lowest BCUT2D eigenvalue weighted by Crippen LogP contribution is -2.44.